The number of ketones is 1. The SMILES string of the molecule is CN1C(=O)CN(c2ccc(C(=O)CCN)cc2)CC1=O. The van der Waals surface area contributed by atoms with Crippen LogP contribution in [0.4, 0.5) is 5.69 Å². The highest BCUT2D eigenvalue weighted by atomic mass is 16.2. The van der Waals surface area contributed by atoms with Gasteiger partial charge in [-0.2, -0.15) is 0 Å². The predicted octanol–water partition coefficient (Wildman–Crippen LogP) is 0.0231. The molecule has 0 radical (unpaired) electrons. The first-order valence-electron chi connectivity index (χ1n) is 6.40. The number of nitrogens with zero attached hydrogens (tertiary/aromatic N) is 2. The van der Waals surface area contributed by atoms with Crippen LogP contribution in [0, 0.1) is 0 Å². The summed E-state index contributed by atoms with van der Waals surface area (Å²) in [4.78, 5) is 37.8. The Kier molecular flexibility index (Phi) is 4.14. The molecule has 2 amide bonds. The molecule has 0 bridgehead atoms. The summed E-state index contributed by atoms with van der Waals surface area (Å²) >= 11 is 0. The van der Waals surface area contributed by atoms with Crippen molar-refractivity contribution in [3.63, 3.8) is 0 Å². The highest BCUT2D eigenvalue weighted by Crippen LogP contribution is 2.18. The molecule has 20 heavy (non-hydrogen) atoms. The Morgan fingerprint density at radius 1 is 1.15 bits per heavy atom. The first kappa shape index (κ1) is 14.2. The molecular weight excluding hydrogens is 258 g/mol. The number of benzene rings is 1. The molecule has 1 fully saturated rings. The van der Waals surface area contributed by atoms with Gasteiger partial charge in [-0.3, -0.25) is 19.3 Å². The molecule has 106 valence electrons. The number of Topliss-reactive ketones (excluding diaryl/α,β-unsaturated/α-hetero) is 1. The molecule has 0 atom stereocenters. The normalized spacial score (nSPS) is 15.7. The second kappa shape index (κ2) is 5.83. The fourth-order valence-corrected chi connectivity index (χ4v) is 2.05. The Hall–Kier alpha value is -2.21. The monoisotopic (exact) mass is 275 g/mol. The number of nitrogens with two attached hydrogens (primary N) is 1. The van der Waals surface area contributed by atoms with E-state index < -0.39 is 0 Å². The molecule has 1 aromatic rings. The number of piperazine rings is 1. The summed E-state index contributed by atoms with van der Waals surface area (Å²) < 4.78 is 0. The van der Waals surface area contributed by atoms with Crippen LogP contribution >= 0.6 is 0 Å². The average molecular weight is 275 g/mol. The Morgan fingerprint density at radius 3 is 2.20 bits per heavy atom. The van der Waals surface area contributed by atoms with Gasteiger partial charge in [0.1, 0.15) is 0 Å². The quantitative estimate of drug-likeness (QED) is 0.619. The summed E-state index contributed by atoms with van der Waals surface area (Å²) in [5.41, 5.74) is 6.69. The minimum absolute atomic E-state index is 0.00965. The van der Waals surface area contributed by atoms with Crippen LogP contribution in [0.1, 0.15) is 16.8 Å². The molecular formula is C14H17N3O3. The van der Waals surface area contributed by atoms with Crippen LogP contribution in [0.15, 0.2) is 24.3 Å². The van der Waals surface area contributed by atoms with Gasteiger partial charge in [0.2, 0.25) is 11.8 Å². The average Bonchev–Trinajstić information content (AvgIpc) is 2.44. The fourth-order valence-electron chi connectivity index (χ4n) is 2.05. The molecule has 6 nitrogen and oxygen atoms in total. The van der Waals surface area contributed by atoms with Gasteiger partial charge in [-0.05, 0) is 30.8 Å². The minimum atomic E-state index is -0.232. The first-order valence-corrected chi connectivity index (χ1v) is 6.40. The van der Waals surface area contributed by atoms with Crippen LogP contribution in [-0.4, -0.2) is 49.2 Å². The maximum atomic E-state index is 11.7. The van der Waals surface area contributed by atoms with Gasteiger partial charge in [0.25, 0.3) is 0 Å². The topological polar surface area (TPSA) is 83.7 Å². The summed E-state index contributed by atoms with van der Waals surface area (Å²) in [7, 11) is 1.48. The van der Waals surface area contributed by atoms with Crippen molar-refractivity contribution in [2.24, 2.45) is 5.73 Å². The fraction of sp³-hybridized carbons (Fsp3) is 0.357. The van der Waals surface area contributed by atoms with Gasteiger partial charge in [-0.1, -0.05) is 0 Å². The molecule has 0 spiro atoms. The van der Waals surface area contributed by atoms with Crippen molar-refractivity contribution < 1.29 is 14.4 Å². The number of hydrogen-bond donors (Lipinski definition) is 1. The van der Waals surface area contributed by atoms with Gasteiger partial charge in [0.05, 0.1) is 13.1 Å². The van der Waals surface area contributed by atoms with Gasteiger partial charge in [0, 0.05) is 24.7 Å². The molecule has 0 unspecified atom stereocenters. The molecule has 1 aromatic carbocycles. The number of carbonyl (C=O) groups is 3. The second-order valence-corrected chi connectivity index (χ2v) is 4.71. The number of amides is 2. The van der Waals surface area contributed by atoms with Crippen molar-refractivity contribution in [1.29, 1.82) is 0 Å². The summed E-state index contributed by atoms with van der Waals surface area (Å²) in [6, 6.07) is 6.88. The molecule has 1 saturated heterocycles. The zero-order valence-electron chi connectivity index (χ0n) is 11.3. The van der Waals surface area contributed by atoms with Crippen LogP contribution in [0.2, 0.25) is 0 Å². The number of hydrogen-bond acceptors (Lipinski definition) is 5. The lowest BCUT2D eigenvalue weighted by Gasteiger charge is -2.31. The molecule has 6 heteroatoms. The molecule has 1 aliphatic rings. The third kappa shape index (κ3) is 2.85. The lowest BCUT2D eigenvalue weighted by Crippen LogP contribution is -2.52. The number of carbonyl (C=O) groups excluding carboxylic acids is 3. The first-order chi connectivity index (χ1) is 9.52. The Balaban J connectivity index is 2.12. The van der Waals surface area contributed by atoms with Crippen molar-refractivity contribution in [2.75, 3.05) is 31.6 Å². The molecule has 1 heterocycles. The van der Waals surface area contributed by atoms with E-state index in [0.29, 0.717) is 18.5 Å². The standard InChI is InChI=1S/C14H17N3O3/c1-16-13(19)8-17(9-14(16)20)11-4-2-10(3-5-11)12(18)6-7-15/h2-5H,6-9,15H2,1H3. The maximum Gasteiger partial charge on any atom is 0.248 e. The van der Waals surface area contributed by atoms with E-state index in [2.05, 4.69) is 0 Å². The van der Waals surface area contributed by atoms with Crippen molar-refractivity contribution in [1.82, 2.24) is 4.90 Å². The zero-order valence-corrected chi connectivity index (χ0v) is 11.3. The summed E-state index contributed by atoms with van der Waals surface area (Å²) in [6.07, 6.45) is 0.310. The highest BCUT2D eigenvalue weighted by Gasteiger charge is 2.28. The van der Waals surface area contributed by atoms with Gasteiger partial charge in [0.15, 0.2) is 5.78 Å². The van der Waals surface area contributed by atoms with E-state index in [1.165, 1.54) is 7.05 Å². The maximum absolute atomic E-state index is 11.7. The van der Waals surface area contributed by atoms with Crippen molar-refractivity contribution in [3.8, 4) is 0 Å². The summed E-state index contributed by atoms with van der Waals surface area (Å²) in [5, 5.41) is 0. The van der Waals surface area contributed by atoms with E-state index in [-0.39, 0.29) is 30.7 Å². The molecule has 1 aliphatic heterocycles. The van der Waals surface area contributed by atoms with E-state index in [0.717, 1.165) is 10.6 Å². The van der Waals surface area contributed by atoms with Crippen LogP contribution in [0.3, 0.4) is 0 Å². The van der Waals surface area contributed by atoms with Crippen molar-refractivity contribution >= 4 is 23.3 Å². The van der Waals surface area contributed by atoms with Gasteiger partial charge in [-0.15, -0.1) is 0 Å². The Bertz CT molecular complexity index is 521. The van der Waals surface area contributed by atoms with Crippen LogP contribution in [0.5, 0.6) is 0 Å². The predicted molar refractivity (Wildman–Crippen MR) is 74.4 cm³/mol. The van der Waals surface area contributed by atoms with Gasteiger partial charge < -0.3 is 10.6 Å². The summed E-state index contributed by atoms with van der Waals surface area (Å²) in [6.45, 7) is 0.652. The largest absolute Gasteiger partial charge is 0.353 e. The second-order valence-electron chi connectivity index (χ2n) is 4.71. The van der Waals surface area contributed by atoms with E-state index >= 15 is 0 Å². The Labute approximate surface area is 117 Å². The van der Waals surface area contributed by atoms with Gasteiger partial charge in [-0.25, -0.2) is 0 Å². The van der Waals surface area contributed by atoms with Gasteiger partial charge >= 0.3 is 0 Å². The third-order valence-corrected chi connectivity index (χ3v) is 3.33. The van der Waals surface area contributed by atoms with Crippen molar-refractivity contribution in [3.05, 3.63) is 29.8 Å². The summed E-state index contributed by atoms with van der Waals surface area (Å²) in [5.74, 6) is -0.473. The van der Waals surface area contributed by atoms with E-state index in [4.69, 9.17) is 5.73 Å². The van der Waals surface area contributed by atoms with E-state index in [1.54, 1.807) is 29.2 Å². The lowest BCUT2D eigenvalue weighted by atomic mass is 10.1. The number of imide groups is 1. The molecule has 0 saturated carbocycles. The van der Waals surface area contributed by atoms with Crippen LogP contribution in [0.25, 0.3) is 0 Å². The van der Waals surface area contributed by atoms with Crippen molar-refractivity contribution in [2.45, 2.75) is 6.42 Å². The van der Waals surface area contributed by atoms with E-state index in [1.807, 2.05) is 0 Å². The smallest absolute Gasteiger partial charge is 0.248 e. The minimum Gasteiger partial charge on any atom is -0.353 e. The highest BCUT2D eigenvalue weighted by molar-refractivity contribution is 6.02. The zero-order chi connectivity index (χ0) is 14.7. The number of rotatable bonds is 4. The number of anilines is 1. The Morgan fingerprint density at radius 2 is 1.70 bits per heavy atom. The molecule has 2 rings (SSSR count). The third-order valence-electron chi connectivity index (χ3n) is 3.33. The molecule has 0 aliphatic carbocycles. The lowest BCUT2D eigenvalue weighted by molar-refractivity contribution is -0.143. The molecule has 0 aromatic heterocycles. The van der Waals surface area contributed by atoms with Crippen LogP contribution in [-0.2, 0) is 9.59 Å². The molecule has 2 N–H and O–H groups in total. The van der Waals surface area contributed by atoms with Crippen LogP contribution < -0.4 is 10.6 Å². The number of likely N-dealkylation sites (N-methyl/N-ethyl adjacent to an activating group) is 1. The van der Waals surface area contributed by atoms with E-state index in [9.17, 15) is 14.4 Å².